The van der Waals surface area contributed by atoms with Crippen molar-refractivity contribution in [2.75, 3.05) is 37.9 Å². The first-order valence-electron chi connectivity index (χ1n) is 7.02. The van der Waals surface area contributed by atoms with Gasteiger partial charge in [0, 0.05) is 38.4 Å². The Morgan fingerprint density at radius 1 is 1.40 bits per heavy atom. The molecule has 0 spiro atoms. The summed E-state index contributed by atoms with van der Waals surface area (Å²) in [6.07, 6.45) is 2.22. The van der Waals surface area contributed by atoms with Gasteiger partial charge in [-0.2, -0.15) is 0 Å². The van der Waals surface area contributed by atoms with Crippen LogP contribution in [0.4, 0.5) is 11.4 Å². The molecule has 0 heterocycles. The molecule has 0 aliphatic heterocycles. The topological polar surface area (TPSA) is 58.8 Å². The second-order valence-corrected chi connectivity index (χ2v) is 5.32. The van der Waals surface area contributed by atoms with E-state index in [4.69, 9.17) is 10.5 Å². The third-order valence-electron chi connectivity index (χ3n) is 3.51. The Bertz CT molecular complexity index is 484. The Hall–Kier alpha value is -1.91. The van der Waals surface area contributed by atoms with Crippen LogP contribution < -0.4 is 15.4 Å². The minimum absolute atomic E-state index is 0.0321. The van der Waals surface area contributed by atoms with Crippen molar-refractivity contribution < 1.29 is 9.53 Å². The molecule has 0 radical (unpaired) electrons. The van der Waals surface area contributed by atoms with Crippen LogP contribution in [0.3, 0.4) is 0 Å². The average molecular weight is 277 g/mol. The molecule has 1 aliphatic rings. The molecule has 20 heavy (non-hydrogen) atoms. The Morgan fingerprint density at radius 3 is 2.65 bits per heavy atom. The maximum Gasteiger partial charge on any atom is 0.260 e. The first-order valence-corrected chi connectivity index (χ1v) is 7.02. The number of amides is 1. The lowest BCUT2D eigenvalue weighted by Gasteiger charge is -2.21. The van der Waals surface area contributed by atoms with Crippen LogP contribution in [0.5, 0.6) is 5.75 Å². The number of ether oxygens (including phenoxy) is 1. The van der Waals surface area contributed by atoms with Gasteiger partial charge in [-0.1, -0.05) is 0 Å². The zero-order valence-electron chi connectivity index (χ0n) is 12.4. The van der Waals surface area contributed by atoms with Gasteiger partial charge in [0.15, 0.2) is 6.61 Å². The number of nitrogens with two attached hydrogens (primary N) is 1. The maximum atomic E-state index is 12.1. The predicted molar refractivity (Wildman–Crippen MR) is 81.1 cm³/mol. The van der Waals surface area contributed by atoms with Gasteiger partial charge in [0.2, 0.25) is 0 Å². The number of likely N-dealkylation sites (N-methyl/N-ethyl adjacent to an activating group) is 1. The highest BCUT2D eigenvalue weighted by Gasteiger charge is 2.31. The van der Waals surface area contributed by atoms with Crippen molar-refractivity contribution >= 4 is 17.3 Å². The van der Waals surface area contributed by atoms with Crippen molar-refractivity contribution in [1.82, 2.24) is 4.90 Å². The van der Waals surface area contributed by atoms with E-state index in [2.05, 4.69) is 0 Å². The summed E-state index contributed by atoms with van der Waals surface area (Å²) >= 11 is 0. The summed E-state index contributed by atoms with van der Waals surface area (Å²) in [5.74, 6) is 0.598. The van der Waals surface area contributed by atoms with Crippen molar-refractivity contribution in [3.63, 3.8) is 0 Å². The number of hydrogen-bond donors (Lipinski definition) is 1. The molecule has 5 nitrogen and oxygen atoms in total. The highest BCUT2D eigenvalue weighted by Crippen LogP contribution is 2.28. The summed E-state index contributed by atoms with van der Waals surface area (Å²) in [5, 5.41) is 0. The Labute approximate surface area is 120 Å². The fourth-order valence-corrected chi connectivity index (χ4v) is 2.17. The van der Waals surface area contributed by atoms with E-state index < -0.39 is 0 Å². The van der Waals surface area contributed by atoms with Gasteiger partial charge < -0.3 is 20.3 Å². The molecule has 0 bridgehead atoms. The summed E-state index contributed by atoms with van der Waals surface area (Å²) in [4.78, 5) is 16.0. The summed E-state index contributed by atoms with van der Waals surface area (Å²) in [6, 6.07) is 6.00. The Kier molecular flexibility index (Phi) is 4.37. The van der Waals surface area contributed by atoms with Gasteiger partial charge in [0.1, 0.15) is 5.75 Å². The van der Waals surface area contributed by atoms with E-state index in [9.17, 15) is 4.79 Å². The van der Waals surface area contributed by atoms with Gasteiger partial charge in [-0.25, -0.2) is 0 Å². The van der Waals surface area contributed by atoms with Crippen LogP contribution in [0.15, 0.2) is 18.2 Å². The van der Waals surface area contributed by atoms with Gasteiger partial charge in [0.25, 0.3) is 5.91 Å². The molecule has 2 N–H and O–H groups in total. The molecule has 2 rings (SSSR count). The molecule has 1 saturated carbocycles. The molecule has 0 saturated heterocycles. The van der Waals surface area contributed by atoms with Gasteiger partial charge in [-0.15, -0.1) is 0 Å². The number of rotatable bonds is 6. The minimum Gasteiger partial charge on any atom is -0.482 e. The van der Waals surface area contributed by atoms with Crippen LogP contribution in [0.1, 0.15) is 19.8 Å². The number of benzene rings is 1. The SMILES string of the molecule is CCN(C(=O)COc1cc(N(C)C)ccc1N)C1CC1. The first kappa shape index (κ1) is 14.5. The van der Waals surface area contributed by atoms with Crippen molar-refractivity contribution in [3.05, 3.63) is 18.2 Å². The predicted octanol–water partition coefficient (Wildman–Crippen LogP) is 1.72. The Morgan fingerprint density at radius 2 is 2.10 bits per heavy atom. The smallest absolute Gasteiger partial charge is 0.260 e. The lowest BCUT2D eigenvalue weighted by molar-refractivity contribution is -0.133. The molecule has 5 heteroatoms. The third kappa shape index (κ3) is 3.35. The summed E-state index contributed by atoms with van der Waals surface area (Å²) < 4.78 is 5.61. The third-order valence-corrected chi connectivity index (χ3v) is 3.51. The molecule has 0 unspecified atom stereocenters. The largest absolute Gasteiger partial charge is 0.482 e. The van der Waals surface area contributed by atoms with Crippen LogP contribution in [0.2, 0.25) is 0 Å². The first-order chi connectivity index (χ1) is 9.52. The average Bonchev–Trinajstić information content (AvgIpc) is 3.23. The van der Waals surface area contributed by atoms with Crippen LogP contribution in [-0.2, 0) is 4.79 Å². The number of nitrogen functional groups attached to an aromatic ring is 1. The quantitative estimate of drug-likeness (QED) is 0.804. The van der Waals surface area contributed by atoms with Gasteiger partial charge in [-0.05, 0) is 31.9 Å². The zero-order valence-corrected chi connectivity index (χ0v) is 12.4. The summed E-state index contributed by atoms with van der Waals surface area (Å²) in [7, 11) is 3.90. The molecule has 1 amide bonds. The molecule has 1 aromatic rings. The molecule has 110 valence electrons. The van der Waals surface area contributed by atoms with E-state index in [1.807, 2.05) is 43.0 Å². The van der Waals surface area contributed by atoms with Crippen molar-refractivity contribution in [2.24, 2.45) is 0 Å². The molecular weight excluding hydrogens is 254 g/mol. The van der Waals surface area contributed by atoms with E-state index in [1.54, 1.807) is 6.07 Å². The maximum absolute atomic E-state index is 12.1. The number of hydrogen-bond acceptors (Lipinski definition) is 4. The van der Waals surface area contributed by atoms with Gasteiger partial charge in [0.05, 0.1) is 5.69 Å². The molecule has 1 fully saturated rings. The second-order valence-electron chi connectivity index (χ2n) is 5.32. The van der Waals surface area contributed by atoms with Crippen LogP contribution in [0, 0.1) is 0 Å². The highest BCUT2D eigenvalue weighted by molar-refractivity contribution is 5.78. The number of carbonyl (C=O) groups is 1. The van der Waals surface area contributed by atoms with Crippen LogP contribution >= 0.6 is 0 Å². The van der Waals surface area contributed by atoms with Crippen molar-refractivity contribution in [3.8, 4) is 5.75 Å². The number of anilines is 2. The van der Waals surface area contributed by atoms with E-state index in [0.717, 1.165) is 25.1 Å². The zero-order chi connectivity index (χ0) is 14.7. The fraction of sp³-hybridized carbons (Fsp3) is 0.533. The Balaban J connectivity index is 1.99. The van der Waals surface area contributed by atoms with E-state index in [1.165, 1.54) is 0 Å². The van der Waals surface area contributed by atoms with E-state index in [-0.39, 0.29) is 12.5 Å². The van der Waals surface area contributed by atoms with Crippen LogP contribution in [0.25, 0.3) is 0 Å². The summed E-state index contributed by atoms with van der Waals surface area (Å²) in [5.41, 5.74) is 7.44. The van der Waals surface area contributed by atoms with E-state index in [0.29, 0.717) is 17.5 Å². The van der Waals surface area contributed by atoms with E-state index >= 15 is 0 Å². The lowest BCUT2D eigenvalue weighted by atomic mass is 10.2. The van der Waals surface area contributed by atoms with Crippen molar-refractivity contribution in [2.45, 2.75) is 25.8 Å². The standard InChI is InChI=1S/C15H23N3O2/c1-4-18(11-5-6-11)15(19)10-20-14-9-12(17(2)3)7-8-13(14)16/h7-9,11H,4-6,10,16H2,1-3H3. The highest BCUT2D eigenvalue weighted by atomic mass is 16.5. The lowest BCUT2D eigenvalue weighted by Crippen LogP contribution is -2.36. The summed E-state index contributed by atoms with van der Waals surface area (Å²) in [6.45, 7) is 2.78. The van der Waals surface area contributed by atoms with Gasteiger partial charge in [-0.3, -0.25) is 4.79 Å². The number of carbonyl (C=O) groups excluding carboxylic acids is 1. The molecule has 1 aliphatic carbocycles. The molecular formula is C15H23N3O2. The van der Waals surface area contributed by atoms with Gasteiger partial charge >= 0.3 is 0 Å². The fourth-order valence-electron chi connectivity index (χ4n) is 2.17. The monoisotopic (exact) mass is 277 g/mol. The normalized spacial score (nSPS) is 13.9. The molecule has 0 aromatic heterocycles. The second kappa shape index (κ2) is 6.03. The van der Waals surface area contributed by atoms with Crippen molar-refractivity contribution in [1.29, 1.82) is 0 Å². The molecule has 1 aromatic carbocycles. The number of nitrogens with zero attached hydrogens (tertiary/aromatic N) is 2. The van der Waals surface area contributed by atoms with Crippen LogP contribution in [-0.4, -0.2) is 44.1 Å². The molecule has 0 atom stereocenters. The minimum atomic E-state index is 0.0321.